The molecule has 1 N–H and O–H groups in total. The molecule has 1 aliphatic heterocycles. The van der Waals surface area contributed by atoms with Crippen LogP contribution in [0.15, 0.2) is 18.2 Å². The van der Waals surface area contributed by atoms with Gasteiger partial charge in [0, 0.05) is 21.0 Å². The van der Waals surface area contributed by atoms with E-state index in [1.807, 2.05) is 6.07 Å². The van der Waals surface area contributed by atoms with Crippen molar-refractivity contribution in [3.63, 3.8) is 0 Å². The molecule has 2 rings (SSSR count). The number of anilines is 1. The van der Waals surface area contributed by atoms with E-state index in [1.54, 1.807) is 12.1 Å². The minimum atomic E-state index is -0.633. The van der Waals surface area contributed by atoms with Crippen molar-refractivity contribution in [2.45, 2.75) is 37.9 Å². The fourth-order valence-corrected chi connectivity index (χ4v) is 5.74. The molecular formula is C13H20FNSi. The highest BCUT2D eigenvalue weighted by atomic mass is 28.3. The first-order chi connectivity index (χ1) is 7.74. The molecule has 1 atom stereocenters. The molecule has 0 fully saturated rings. The average molecular weight is 237 g/mol. The first-order valence-corrected chi connectivity index (χ1v) is 8.56. The second kappa shape index (κ2) is 5.00. The van der Waals surface area contributed by atoms with Crippen LogP contribution in [0.3, 0.4) is 0 Å². The van der Waals surface area contributed by atoms with Crippen molar-refractivity contribution in [2.75, 3.05) is 11.9 Å². The highest BCUT2D eigenvalue weighted by molar-refractivity contribution is 6.60. The Labute approximate surface area is 98.7 Å². The van der Waals surface area contributed by atoms with Crippen molar-refractivity contribution < 1.29 is 4.39 Å². The summed E-state index contributed by atoms with van der Waals surface area (Å²) < 4.78 is 13.2. The van der Waals surface area contributed by atoms with Crippen LogP contribution in [0.5, 0.6) is 0 Å². The molecule has 0 radical (unpaired) electrons. The second-order valence-electron chi connectivity index (χ2n) is 4.72. The van der Waals surface area contributed by atoms with Crippen LogP contribution in [-0.2, 0) is 6.42 Å². The van der Waals surface area contributed by atoms with Gasteiger partial charge >= 0.3 is 0 Å². The summed E-state index contributed by atoms with van der Waals surface area (Å²) in [7, 11) is -0.633. The summed E-state index contributed by atoms with van der Waals surface area (Å²) in [6.45, 7) is 5.71. The van der Waals surface area contributed by atoms with Gasteiger partial charge in [0.15, 0.2) is 0 Å². The summed E-state index contributed by atoms with van der Waals surface area (Å²) in [5.41, 5.74) is 3.11. The Bertz CT molecular complexity index is 363. The van der Waals surface area contributed by atoms with E-state index in [1.165, 1.54) is 17.7 Å². The maximum atomic E-state index is 13.2. The maximum Gasteiger partial charge on any atom is 0.123 e. The van der Waals surface area contributed by atoms with Gasteiger partial charge in [-0.2, -0.15) is 0 Å². The summed E-state index contributed by atoms with van der Waals surface area (Å²) in [4.78, 5) is 0. The van der Waals surface area contributed by atoms with Crippen LogP contribution in [0.25, 0.3) is 0 Å². The fraction of sp³-hybridized carbons (Fsp3) is 0.538. The van der Waals surface area contributed by atoms with E-state index >= 15 is 0 Å². The highest BCUT2D eigenvalue weighted by Gasteiger charge is 2.24. The zero-order valence-electron chi connectivity index (χ0n) is 10.1. The Hall–Kier alpha value is -0.833. The van der Waals surface area contributed by atoms with E-state index in [-0.39, 0.29) is 5.82 Å². The molecular weight excluding hydrogens is 217 g/mol. The van der Waals surface area contributed by atoms with E-state index in [0.717, 1.165) is 24.2 Å². The number of hydrogen-bond acceptors (Lipinski definition) is 1. The number of nitrogens with one attached hydrogen (secondary N) is 1. The summed E-state index contributed by atoms with van der Waals surface area (Å²) in [6, 6.07) is 7.82. The number of hydrogen-bond donors (Lipinski definition) is 1. The normalized spacial score (nSPS) is 19.4. The van der Waals surface area contributed by atoms with Crippen molar-refractivity contribution in [1.82, 2.24) is 0 Å². The molecule has 1 aliphatic rings. The lowest BCUT2D eigenvalue weighted by atomic mass is 10.0. The Balaban J connectivity index is 2.16. The number of fused-ring (bicyclic) bond motifs is 1. The lowest BCUT2D eigenvalue weighted by molar-refractivity contribution is 0.623. The predicted octanol–water partition coefficient (Wildman–Crippen LogP) is 3.43. The Morgan fingerprint density at radius 2 is 2.12 bits per heavy atom. The van der Waals surface area contributed by atoms with Crippen LogP contribution >= 0.6 is 0 Å². The molecule has 0 saturated carbocycles. The third-order valence-corrected chi connectivity index (χ3v) is 7.72. The molecule has 1 aromatic rings. The van der Waals surface area contributed by atoms with Gasteiger partial charge < -0.3 is 5.32 Å². The van der Waals surface area contributed by atoms with Crippen LogP contribution in [-0.4, -0.2) is 15.3 Å². The lowest BCUT2D eigenvalue weighted by Crippen LogP contribution is -2.30. The van der Waals surface area contributed by atoms with E-state index in [4.69, 9.17) is 0 Å². The summed E-state index contributed by atoms with van der Waals surface area (Å²) in [6.07, 6.45) is 1.08. The van der Waals surface area contributed by atoms with Gasteiger partial charge in [-0.05, 0) is 35.7 Å². The Morgan fingerprint density at radius 1 is 1.38 bits per heavy atom. The zero-order valence-corrected chi connectivity index (χ0v) is 11.2. The molecule has 3 heteroatoms. The third-order valence-electron chi connectivity index (χ3n) is 3.82. The van der Waals surface area contributed by atoms with E-state index in [2.05, 4.69) is 19.2 Å². The van der Waals surface area contributed by atoms with Crippen LogP contribution < -0.4 is 5.32 Å². The topological polar surface area (TPSA) is 12.0 Å². The minimum Gasteiger partial charge on any atom is -0.385 e. The molecule has 1 heterocycles. The smallest absolute Gasteiger partial charge is 0.123 e. The number of rotatable bonds is 3. The maximum absolute atomic E-state index is 13.2. The zero-order chi connectivity index (χ0) is 11.5. The van der Waals surface area contributed by atoms with Gasteiger partial charge in [0.1, 0.15) is 5.82 Å². The Morgan fingerprint density at radius 3 is 2.81 bits per heavy atom. The van der Waals surface area contributed by atoms with Gasteiger partial charge in [0.25, 0.3) is 0 Å². The largest absolute Gasteiger partial charge is 0.385 e. The van der Waals surface area contributed by atoms with Crippen molar-refractivity contribution in [3.8, 4) is 0 Å². The average Bonchev–Trinajstić information content (AvgIpc) is 2.30. The third kappa shape index (κ3) is 2.29. The van der Waals surface area contributed by atoms with Crippen LogP contribution in [0.1, 0.15) is 19.4 Å². The van der Waals surface area contributed by atoms with E-state index < -0.39 is 8.80 Å². The van der Waals surface area contributed by atoms with Crippen molar-refractivity contribution in [3.05, 3.63) is 29.6 Å². The molecule has 0 aromatic heterocycles. The molecule has 1 nitrogen and oxygen atoms in total. The molecule has 1 unspecified atom stereocenters. The van der Waals surface area contributed by atoms with Gasteiger partial charge in [-0.1, -0.05) is 25.9 Å². The van der Waals surface area contributed by atoms with Gasteiger partial charge in [0.2, 0.25) is 0 Å². The molecule has 1 aromatic carbocycles. The summed E-state index contributed by atoms with van der Waals surface area (Å²) in [5, 5.41) is 3.46. The molecule has 0 amide bonds. The molecule has 88 valence electrons. The minimum absolute atomic E-state index is 0.104. The number of halogens is 1. The second-order valence-corrected chi connectivity index (χ2v) is 8.82. The van der Waals surface area contributed by atoms with Gasteiger partial charge in [-0.15, -0.1) is 0 Å². The van der Waals surface area contributed by atoms with Crippen molar-refractivity contribution >= 4 is 14.5 Å². The highest BCUT2D eigenvalue weighted by Crippen LogP contribution is 2.31. The fourth-order valence-electron chi connectivity index (χ4n) is 2.79. The SMILES string of the molecule is CC[SiH](CC)C1CNc2ccc(F)cc2C1. The standard InChI is InChI=1S/C13H20FNSi/c1-3-16(4-2)12-8-10-7-11(14)5-6-13(10)15-9-12/h5-7,12,15-16H,3-4,8-9H2,1-2H3. The summed E-state index contributed by atoms with van der Waals surface area (Å²) in [5.74, 6) is -0.104. The lowest BCUT2D eigenvalue weighted by Gasteiger charge is -2.30. The monoisotopic (exact) mass is 237 g/mol. The number of benzene rings is 1. The first kappa shape index (κ1) is 11.6. The van der Waals surface area contributed by atoms with Gasteiger partial charge in [-0.3, -0.25) is 0 Å². The molecule has 0 spiro atoms. The van der Waals surface area contributed by atoms with E-state index in [9.17, 15) is 4.39 Å². The molecule has 0 bridgehead atoms. The molecule has 0 saturated heterocycles. The predicted molar refractivity (Wildman–Crippen MR) is 70.5 cm³/mol. The first-order valence-electron chi connectivity index (χ1n) is 6.26. The molecule has 16 heavy (non-hydrogen) atoms. The van der Waals surface area contributed by atoms with Crippen molar-refractivity contribution in [1.29, 1.82) is 0 Å². The van der Waals surface area contributed by atoms with Gasteiger partial charge in [0.05, 0.1) is 0 Å². The Kier molecular flexibility index (Phi) is 3.64. The van der Waals surface area contributed by atoms with Crippen molar-refractivity contribution in [2.24, 2.45) is 0 Å². The van der Waals surface area contributed by atoms with Crippen LogP contribution in [0, 0.1) is 5.82 Å². The quantitative estimate of drug-likeness (QED) is 0.794. The molecule has 0 aliphatic carbocycles. The summed E-state index contributed by atoms with van der Waals surface area (Å²) >= 11 is 0. The van der Waals surface area contributed by atoms with Crippen LogP contribution in [0.2, 0.25) is 17.6 Å². The van der Waals surface area contributed by atoms with E-state index in [0.29, 0.717) is 0 Å². The van der Waals surface area contributed by atoms with Crippen LogP contribution in [0.4, 0.5) is 10.1 Å². The van der Waals surface area contributed by atoms with Gasteiger partial charge in [-0.25, -0.2) is 4.39 Å².